The highest BCUT2D eigenvalue weighted by Crippen LogP contribution is 2.18. The van der Waals surface area contributed by atoms with Crippen molar-refractivity contribution >= 4 is 29.7 Å². The molecule has 0 heterocycles. The van der Waals surface area contributed by atoms with E-state index in [0.717, 1.165) is 0 Å². The summed E-state index contributed by atoms with van der Waals surface area (Å²) < 4.78 is 13.1. The number of Topliss-reactive ketones (excluding diaryl/α,β-unsaturated/α-hetero) is 1. The van der Waals surface area contributed by atoms with Crippen LogP contribution in [-0.2, 0) is 32.1 Å². The number of phenolic OH excluding ortho intramolecular Hbond substituents is 1. The van der Waals surface area contributed by atoms with Crippen LogP contribution in [0.25, 0.3) is 0 Å². The van der Waals surface area contributed by atoms with E-state index in [1.54, 1.807) is 26.0 Å². The molecule has 0 saturated heterocycles. The number of aromatic hydroxyl groups is 1. The molecule has 2 atom stereocenters. The van der Waals surface area contributed by atoms with Gasteiger partial charge in [0.25, 0.3) is 0 Å². The first-order valence-corrected chi connectivity index (χ1v) is 11.6. The van der Waals surface area contributed by atoms with Crippen molar-refractivity contribution in [2.24, 2.45) is 0 Å². The summed E-state index contributed by atoms with van der Waals surface area (Å²) in [7, 11) is 0. The summed E-state index contributed by atoms with van der Waals surface area (Å²) >= 11 is 0. The lowest BCUT2D eigenvalue weighted by Gasteiger charge is -2.23. The molecule has 0 bridgehead atoms. The van der Waals surface area contributed by atoms with Crippen LogP contribution in [0.4, 0.5) is 4.39 Å². The number of carbonyl (C=O) groups is 4. The van der Waals surface area contributed by atoms with Gasteiger partial charge in [0.1, 0.15) is 23.7 Å². The van der Waals surface area contributed by atoms with Crippen molar-refractivity contribution in [3.05, 3.63) is 65.0 Å². The molecule has 0 aliphatic rings. The highest BCUT2D eigenvalue weighted by Gasteiger charge is 2.27. The molecular weight excluding hydrogens is 467 g/mol. The van der Waals surface area contributed by atoms with Gasteiger partial charge in [0.05, 0.1) is 6.21 Å². The average molecular weight is 499 g/mol. The molecule has 2 rings (SSSR count). The van der Waals surface area contributed by atoms with Crippen molar-refractivity contribution in [3.8, 4) is 5.75 Å². The van der Waals surface area contributed by atoms with Gasteiger partial charge in [0.2, 0.25) is 17.7 Å². The van der Waals surface area contributed by atoms with Crippen LogP contribution in [0.5, 0.6) is 5.75 Å². The maximum atomic E-state index is 13.2. The van der Waals surface area contributed by atoms with Gasteiger partial charge >= 0.3 is 0 Å². The fraction of sp³-hybridized carbons (Fsp3) is 0.346. The first-order chi connectivity index (χ1) is 17.1. The SMILES string of the molecule is CCC(=O)N[C@@H](Cc1ccc(O)c(C)c1)C(=O)N[C@@H](CCC(=O)C=N)C(=O)NCc1ccc(F)cc1. The minimum absolute atomic E-state index is 0.0536. The van der Waals surface area contributed by atoms with Crippen LogP contribution in [0, 0.1) is 18.2 Å². The van der Waals surface area contributed by atoms with Crippen molar-refractivity contribution in [1.82, 2.24) is 16.0 Å². The van der Waals surface area contributed by atoms with Gasteiger partial charge in [-0.3, -0.25) is 19.2 Å². The zero-order valence-corrected chi connectivity index (χ0v) is 20.3. The number of benzene rings is 2. The first-order valence-electron chi connectivity index (χ1n) is 11.6. The Labute approximate surface area is 209 Å². The second-order valence-corrected chi connectivity index (χ2v) is 8.35. The van der Waals surface area contributed by atoms with Crippen LogP contribution in [0.3, 0.4) is 0 Å². The van der Waals surface area contributed by atoms with E-state index in [0.29, 0.717) is 22.9 Å². The van der Waals surface area contributed by atoms with Crippen molar-refractivity contribution in [2.75, 3.05) is 0 Å². The standard InChI is InChI=1S/C26H31FN4O5/c1-3-24(34)30-22(13-18-6-11-23(33)16(2)12-18)26(36)31-21(10-9-20(32)14-28)25(35)29-15-17-4-7-19(27)8-5-17/h4-8,11-12,14,21-22,28,33H,3,9-10,13,15H2,1-2H3,(H,29,35)(H,30,34)(H,31,36)/t21-,22-/m0/s1. The van der Waals surface area contributed by atoms with Gasteiger partial charge in [-0.05, 0) is 48.2 Å². The lowest BCUT2D eigenvalue weighted by molar-refractivity contribution is -0.132. The molecule has 0 spiro atoms. The molecule has 0 radical (unpaired) electrons. The Morgan fingerprint density at radius 2 is 1.67 bits per heavy atom. The highest BCUT2D eigenvalue weighted by molar-refractivity contribution is 6.26. The maximum absolute atomic E-state index is 13.2. The van der Waals surface area contributed by atoms with E-state index in [9.17, 15) is 28.7 Å². The molecule has 3 amide bonds. The third kappa shape index (κ3) is 8.94. The normalized spacial score (nSPS) is 12.2. The molecule has 0 aliphatic heterocycles. The fourth-order valence-electron chi connectivity index (χ4n) is 3.40. The third-order valence-corrected chi connectivity index (χ3v) is 5.53. The number of aryl methyl sites for hydroxylation is 1. The summed E-state index contributed by atoms with van der Waals surface area (Å²) in [5.74, 6) is -2.35. The molecule has 2 aromatic rings. The van der Waals surface area contributed by atoms with E-state index in [2.05, 4.69) is 16.0 Å². The maximum Gasteiger partial charge on any atom is 0.243 e. The van der Waals surface area contributed by atoms with Crippen molar-refractivity contribution < 1.29 is 28.7 Å². The summed E-state index contributed by atoms with van der Waals surface area (Å²) in [5.41, 5.74) is 1.94. The van der Waals surface area contributed by atoms with E-state index in [1.165, 1.54) is 30.3 Å². The molecule has 0 fully saturated rings. The smallest absolute Gasteiger partial charge is 0.243 e. The number of hydrogen-bond donors (Lipinski definition) is 5. The largest absolute Gasteiger partial charge is 0.508 e. The number of amides is 3. The van der Waals surface area contributed by atoms with Gasteiger partial charge in [-0.1, -0.05) is 31.2 Å². The molecule has 36 heavy (non-hydrogen) atoms. The Balaban J connectivity index is 2.17. The Kier molecular flexibility index (Phi) is 10.7. The first kappa shape index (κ1) is 28.2. The number of halogens is 1. The van der Waals surface area contributed by atoms with Gasteiger partial charge in [0.15, 0.2) is 5.78 Å². The highest BCUT2D eigenvalue weighted by atomic mass is 19.1. The van der Waals surface area contributed by atoms with Crippen molar-refractivity contribution in [3.63, 3.8) is 0 Å². The number of nitrogens with one attached hydrogen (secondary N) is 4. The predicted molar refractivity (Wildman–Crippen MR) is 132 cm³/mol. The van der Waals surface area contributed by atoms with Crippen LogP contribution < -0.4 is 16.0 Å². The van der Waals surface area contributed by atoms with Crippen molar-refractivity contribution in [2.45, 2.75) is 58.2 Å². The van der Waals surface area contributed by atoms with Crippen molar-refractivity contribution in [1.29, 1.82) is 5.41 Å². The zero-order valence-electron chi connectivity index (χ0n) is 20.3. The fourth-order valence-corrected chi connectivity index (χ4v) is 3.40. The van der Waals surface area contributed by atoms with Crippen LogP contribution in [0.2, 0.25) is 0 Å². The molecular formula is C26H31FN4O5. The molecule has 5 N–H and O–H groups in total. The quantitative estimate of drug-likeness (QED) is 0.268. The second kappa shape index (κ2) is 13.7. The topological polar surface area (TPSA) is 148 Å². The molecule has 0 saturated carbocycles. The Hall–Kier alpha value is -4.08. The molecule has 0 aromatic heterocycles. The van der Waals surface area contributed by atoms with E-state index < -0.39 is 35.5 Å². The van der Waals surface area contributed by atoms with Gasteiger partial charge in [-0.15, -0.1) is 0 Å². The summed E-state index contributed by atoms with van der Waals surface area (Å²) in [6.07, 6.45) is 0.714. The van der Waals surface area contributed by atoms with E-state index in [4.69, 9.17) is 5.41 Å². The van der Waals surface area contributed by atoms with E-state index in [1.807, 2.05) is 0 Å². The monoisotopic (exact) mass is 498 g/mol. The van der Waals surface area contributed by atoms with Gasteiger partial charge in [0, 0.05) is 25.8 Å². The molecule has 2 aromatic carbocycles. The molecule has 0 aliphatic carbocycles. The van der Waals surface area contributed by atoms with Crippen LogP contribution in [0.15, 0.2) is 42.5 Å². The van der Waals surface area contributed by atoms with E-state index in [-0.39, 0.29) is 43.9 Å². The zero-order chi connectivity index (χ0) is 26.7. The molecule has 0 unspecified atom stereocenters. The summed E-state index contributed by atoms with van der Waals surface area (Å²) in [5, 5.41) is 24.8. The lowest BCUT2D eigenvalue weighted by atomic mass is 10.0. The summed E-state index contributed by atoms with van der Waals surface area (Å²) in [4.78, 5) is 49.8. The summed E-state index contributed by atoms with van der Waals surface area (Å²) in [6.45, 7) is 3.43. The average Bonchev–Trinajstić information content (AvgIpc) is 2.87. The number of ketones is 1. The van der Waals surface area contributed by atoms with Gasteiger partial charge in [-0.2, -0.15) is 0 Å². The number of phenols is 1. The number of carbonyl (C=O) groups excluding carboxylic acids is 4. The Morgan fingerprint density at radius 3 is 2.28 bits per heavy atom. The third-order valence-electron chi connectivity index (χ3n) is 5.53. The Bertz CT molecular complexity index is 1100. The van der Waals surface area contributed by atoms with Crippen LogP contribution in [0.1, 0.15) is 42.9 Å². The van der Waals surface area contributed by atoms with Gasteiger partial charge in [-0.25, -0.2) is 4.39 Å². The van der Waals surface area contributed by atoms with Crippen LogP contribution >= 0.6 is 0 Å². The number of hydrogen-bond acceptors (Lipinski definition) is 6. The van der Waals surface area contributed by atoms with E-state index >= 15 is 0 Å². The molecule has 192 valence electrons. The summed E-state index contributed by atoms with van der Waals surface area (Å²) in [6, 6.07) is 8.26. The minimum atomic E-state index is -1.11. The minimum Gasteiger partial charge on any atom is -0.508 e. The van der Waals surface area contributed by atoms with Crippen LogP contribution in [-0.4, -0.2) is 46.9 Å². The lowest BCUT2D eigenvalue weighted by Crippen LogP contribution is -2.54. The number of rotatable bonds is 13. The Morgan fingerprint density at radius 1 is 1.00 bits per heavy atom. The molecule has 10 heteroatoms. The van der Waals surface area contributed by atoms with Gasteiger partial charge < -0.3 is 26.5 Å². The second-order valence-electron chi connectivity index (χ2n) is 8.35. The molecule has 9 nitrogen and oxygen atoms in total. The predicted octanol–water partition coefficient (Wildman–Crippen LogP) is 2.08.